The minimum Gasteiger partial charge on any atom is -0.457 e. The van der Waals surface area contributed by atoms with E-state index < -0.39 is 5.60 Å². The molecule has 0 aliphatic carbocycles. The summed E-state index contributed by atoms with van der Waals surface area (Å²) < 4.78 is 6.37. The second-order valence-corrected chi connectivity index (χ2v) is 10.4. The van der Waals surface area contributed by atoms with E-state index in [4.69, 9.17) is 10.5 Å². The molecule has 0 bridgehead atoms. The molecule has 2 amide bonds. The lowest BCUT2D eigenvalue weighted by atomic mass is 9.74. The average Bonchev–Trinajstić information content (AvgIpc) is 2.96. The molecule has 7 heteroatoms. The highest BCUT2D eigenvalue weighted by molar-refractivity contribution is 5.94. The molecule has 3 aromatic carbocycles. The summed E-state index contributed by atoms with van der Waals surface area (Å²) in [6.07, 6.45) is 2.55. The number of aliphatic hydroxyl groups is 1. The molecule has 4 N–H and O–H groups in total. The monoisotopic (exact) mass is 529 g/mol. The summed E-state index contributed by atoms with van der Waals surface area (Å²) in [5.41, 5.74) is 7.74. The molecule has 0 aromatic heterocycles. The van der Waals surface area contributed by atoms with Crippen LogP contribution in [0.5, 0.6) is 11.5 Å². The third-order valence-corrected chi connectivity index (χ3v) is 7.60. The van der Waals surface area contributed by atoms with Crippen molar-refractivity contribution >= 4 is 11.8 Å². The standard InChI is InChI=1S/C32H39N3O4/c1-23-9-3-5-12-29(23)39-30-13-6-4-11-28(30)32(38,18-8-19-34-24(2)36)27-10-7-20-35(22-27)31(37)26-16-14-25(21-33)15-17-26/h3-6,9,11-17,27,38H,7-8,10,18-22,33H2,1-2H3,(H,34,36)/t27?,32-/m1/s1. The van der Waals surface area contributed by atoms with Gasteiger partial charge < -0.3 is 25.8 Å². The Bertz CT molecular complexity index is 1280. The van der Waals surface area contributed by atoms with Crippen molar-refractivity contribution in [1.82, 2.24) is 10.2 Å². The smallest absolute Gasteiger partial charge is 0.253 e. The van der Waals surface area contributed by atoms with Gasteiger partial charge in [-0.15, -0.1) is 0 Å². The first-order valence-corrected chi connectivity index (χ1v) is 13.7. The topological polar surface area (TPSA) is 105 Å². The second kappa shape index (κ2) is 12.9. The lowest BCUT2D eigenvalue weighted by Crippen LogP contribution is -2.48. The number of hydrogen-bond donors (Lipinski definition) is 3. The highest BCUT2D eigenvalue weighted by atomic mass is 16.5. The Morgan fingerprint density at radius 2 is 1.74 bits per heavy atom. The van der Waals surface area contributed by atoms with Gasteiger partial charge in [0.1, 0.15) is 11.5 Å². The fraction of sp³-hybridized carbons (Fsp3) is 0.375. The van der Waals surface area contributed by atoms with Crippen molar-refractivity contribution in [3.05, 3.63) is 95.1 Å². The number of para-hydroxylation sites is 2. The summed E-state index contributed by atoms with van der Waals surface area (Å²) in [5, 5.41) is 15.3. The van der Waals surface area contributed by atoms with Crippen LogP contribution >= 0.6 is 0 Å². The molecule has 1 aliphatic rings. The summed E-state index contributed by atoms with van der Waals surface area (Å²) in [7, 11) is 0. The minimum atomic E-state index is -1.26. The van der Waals surface area contributed by atoms with E-state index in [2.05, 4.69) is 5.32 Å². The molecular formula is C32H39N3O4. The molecule has 0 saturated carbocycles. The SMILES string of the molecule is CC(=O)NCCC[C@](O)(c1ccccc1Oc1ccccc1C)C1CCCN(C(=O)c2ccc(CN)cc2)C1. The van der Waals surface area contributed by atoms with Crippen LogP contribution in [0.1, 0.15) is 59.7 Å². The van der Waals surface area contributed by atoms with Crippen molar-refractivity contribution in [3.63, 3.8) is 0 Å². The maximum atomic E-state index is 13.4. The first kappa shape index (κ1) is 28.3. The van der Waals surface area contributed by atoms with E-state index >= 15 is 0 Å². The largest absolute Gasteiger partial charge is 0.457 e. The van der Waals surface area contributed by atoms with Gasteiger partial charge in [0.2, 0.25) is 5.91 Å². The number of amides is 2. The van der Waals surface area contributed by atoms with Crippen LogP contribution in [-0.2, 0) is 16.9 Å². The first-order valence-electron chi connectivity index (χ1n) is 13.7. The maximum Gasteiger partial charge on any atom is 0.253 e. The number of nitrogens with one attached hydrogen (secondary N) is 1. The molecule has 2 atom stereocenters. The van der Waals surface area contributed by atoms with Gasteiger partial charge in [0.05, 0.1) is 5.60 Å². The summed E-state index contributed by atoms with van der Waals surface area (Å²) >= 11 is 0. The number of nitrogens with two attached hydrogens (primary N) is 1. The zero-order chi connectivity index (χ0) is 27.8. The van der Waals surface area contributed by atoms with E-state index in [0.717, 1.165) is 29.7 Å². The molecule has 39 heavy (non-hydrogen) atoms. The Labute approximate surface area is 231 Å². The fourth-order valence-electron chi connectivity index (χ4n) is 5.40. The molecule has 0 radical (unpaired) electrons. The molecule has 1 unspecified atom stereocenters. The van der Waals surface area contributed by atoms with Crippen LogP contribution in [0.4, 0.5) is 0 Å². The number of carbonyl (C=O) groups is 2. The average molecular weight is 530 g/mol. The number of piperidine rings is 1. The molecule has 3 aromatic rings. The maximum absolute atomic E-state index is 13.4. The predicted molar refractivity (Wildman–Crippen MR) is 152 cm³/mol. The van der Waals surface area contributed by atoms with E-state index in [1.807, 2.05) is 84.6 Å². The number of ether oxygens (including phenoxy) is 1. The van der Waals surface area contributed by atoms with Crippen molar-refractivity contribution in [2.75, 3.05) is 19.6 Å². The van der Waals surface area contributed by atoms with Crippen LogP contribution < -0.4 is 15.8 Å². The van der Waals surface area contributed by atoms with Crippen molar-refractivity contribution in [2.24, 2.45) is 11.7 Å². The van der Waals surface area contributed by atoms with Gasteiger partial charge in [-0.1, -0.05) is 48.5 Å². The van der Waals surface area contributed by atoms with Gasteiger partial charge in [0.25, 0.3) is 5.91 Å². The van der Waals surface area contributed by atoms with Gasteiger partial charge in [0, 0.05) is 50.1 Å². The van der Waals surface area contributed by atoms with Crippen molar-refractivity contribution < 1.29 is 19.4 Å². The molecule has 206 valence electrons. The number of hydrogen-bond acceptors (Lipinski definition) is 5. The van der Waals surface area contributed by atoms with Crippen molar-refractivity contribution in [3.8, 4) is 11.5 Å². The third-order valence-electron chi connectivity index (χ3n) is 7.60. The number of rotatable bonds is 10. The van der Waals surface area contributed by atoms with E-state index in [-0.39, 0.29) is 17.7 Å². The third kappa shape index (κ3) is 6.85. The van der Waals surface area contributed by atoms with E-state index in [0.29, 0.717) is 55.9 Å². The second-order valence-electron chi connectivity index (χ2n) is 10.4. The van der Waals surface area contributed by atoms with Gasteiger partial charge in [-0.05, 0) is 68.0 Å². The van der Waals surface area contributed by atoms with Gasteiger partial charge in [-0.3, -0.25) is 9.59 Å². The normalized spacial score (nSPS) is 16.8. The summed E-state index contributed by atoms with van der Waals surface area (Å²) in [6.45, 7) is 5.42. The zero-order valence-electron chi connectivity index (χ0n) is 22.9. The van der Waals surface area contributed by atoms with Gasteiger partial charge in [-0.25, -0.2) is 0 Å². The molecule has 1 heterocycles. The van der Waals surface area contributed by atoms with Crippen LogP contribution in [0.3, 0.4) is 0 Å². The molecule has 1 aliphatic heterocycles. The molecule has 4 rings (SSSR count). The Balaban J connectivity index is 1.63. The molecular weight excluding hydrogens is 490 g/mol. The number of carbonyl (C=O) groups excluding carboxylic acids is 2. The van der Waals surface area contributed by atoms with Crippen molar-refractivity contribution in [1.29, 1.82) is 0 Å². The van der Waals surface area contributed by atoms with E-state index in [9.17, 15) is 14.7 Å². The van der Waals surface area contributed by atoms with Gasteiger partial charge in [0.15, 0.2) is 0 Å². The Kier molecular flexibility index (Phi) is 9.38. The lowest BCUT2D eigenvalue weighted by Gasteiger charge is -2.43. The zero-order valence-corrected chi connectivity index (χ0v) is 22.9. The van der Waals surface area contributed by atoms with Crippen molar-refractivity contribution in [2.45, 2.75) is 51.7 Å². The molecule has 1 saturated heterocycles. The van der Waals surface area contributed by atoms with Gasteiger partial charge in [-0.2, -0.15) is 0 Å². The molecule has 7 nitrogen and oxygen atoms in total. The lowest BCUT2D eigenvalue weighted by molar-refractivity contribution is -0.119. The molecule has 0 spiro atoms. The van der Waals surface area contributed by atoms with E-state index in [1.165, 1.54) is 6.92 Å². The van der Waals surface area contributed by atoms with Gasteiger partial charge >= 0.3 is 0 Å². The quantitative estimate of drug-likeness (QED) is 0.324. The van der Waals surface area contributed by atoms with Crippen LogP contribution in [0.25, 0.3) is 0 Å². The highest BCUT2D eigenvalue weighted by Gasteiger charge is 2.43. The Morgan fingerprint density at radius 1 is 1.05 bits per heavy atom. The Morgan fingerprint density at radius 3 is 2.44 bits per heavy atom. The van der Waals surface area contributed by atoms with E-state index in [1.54, 1.807) is 0 Å². The summed E-state index contributed by atoms with van der Waals surface area (Å²) in [6, 6.07) is 22.8. The fourth-order valence-corrected chi connectivity index (χ4v) is 5.40. The number of aryl methyl sites for hydroxylation is 1. The van der Waals surface area contributed by atoms with Crippen LogP contribution in [0.2, 0.25) is 0 Å². The van der Waals surface area contributed by atoms with Crippen LogP contribution in [0.15, 0.2) is 72.8 Å². The summed E-state index contributed by atoms with van der Waals surface area (Å²) in [5.74, 6) is 0.962. The predicted octanol–water partition coefficient (Wildman–Crippen LogP) is 4.90. The number of nitrogens with zero attached hydrogens (tertiary/aromatic N) is 1. The first-order chi connectivity index (χ1) is 18.8. The summed E-state index contributed by atoms with van der Waals surface area (Å²) in [4.78, 5) is 26.8. The minimum absolute atomic E-state index is 0.0479. The number of likely N-dealkylation sites (tertiary alicyclic amines) is 1. The van der Waals surface area contributed by atoms with Crippen LogP contribution in [-0.4, -0.2) is 41.5 Å². The number of benzene rings is 3. The highest BCUT2D eigenvalue weighted by Crippen LogP contribution is 2.44. The Hall–Kier alpha value is -3.68. The van der Waals surface area contributed by atoms with Crippen LogP contribution in [0, 0.1) is 12.8 Å². The molecule has 1 fully saturated rings.